The van der Waals surface area contributed by atoms with E-state index >= 15 is 0 Å². The van der Waals surface area contributed by atoms with Crippen LogP contribution < -0.4 is 14.8 Å². The van der Waals surface area contributed by atoms with Crippen LogP contribution in [0, 0.1) is 0 Å². The number of amides is 1. The van der Waals surface area contributed by atoms with Gasteiger partial charge in [-0.1, -0.05) is 24.0 Å². The number of nitrogens with zero attached hydrogens (tertiary/aromatic N) is 1. The van der Waals surface area contributed by atoms with Crippen molar-refractivity contribution in [2.24, 2.45) is 0 Å². The predicted octanol–water partition coefficient (Wildman–Crippen LogP) is 2.60. The van der Waals surface area contributed by atoms with E-state index in [0.29, 0.717) is 12.4 Å². The lowest BCUT2D eigenvalue weighted by Crippen LogP contribution is -2.33. The molecule has 0 radical (unpaired) electrons. The van der Waals surface area contributed by atoms with Gasteiger partial charge in [0.25, 0.3) is 0 Å². The average molecular weight is 354 g/mol. The summed E-state index contributed by atoms with van der Waals surface area (Å²) in [5, 5.41) is 3.00. The number of benzene rings is 1. The number of thioether (sulfide) groups is 1. The molecule has 1 aliphatic heterocycles. The molecule has 0 aliphatic carbocycles. The summed E-state index contributed by atoms with van der Waals surface area (Å²) in [5.41, 5.74) is 0.953. The molecule has 0 fully saturated rings. The van der Waals surface area contributed by atoms with Crippen molar-refractivity contribution in [3.8, 4) is 11.5 Å². The standard InChI is InChI=1S/C16H22N2O3S2/c1-4-18(5-2)16(22)23-10-15(19)17-13-9-21-14-7-6-11(20-3)8-12(13)14/h6-8,13H,4-5,9-10H2,1-3H3,(H,17,19). The molecule has 1 aliphatic rings. The summed E-state index contributed by atoms with van der Waals surface area (Å²) in [6.45, 7) is 6.26. The number of carbonyl (C=O) groups is 1. The lowest BCUT2D eigenvalue weighted by atomic mass is 10.1. The van der Waals surface area contributed by atoms with Crippen LogP contribution in [0.15, 0.2) is 18.2 Å². The van der Waals surface area contributed by atoms with Gasteiger partial charge in [0.1, 0.15) is 22.4 Å². The van der Waals surface area contributed by atoms with Crippen LogP contribution in [-0.2, 0) is 4.79 Å². The summed E-state index contributed by atoms with van der Waals surface area (Å²) in [6.07, 6.45) is 0. The maximum Gasteiger partial charge on any atom is 0.231 e. The Morgan fingerprint density at radius 2 is 2.22 bits per heavy atom. The van der Waals surface area contributed by atoms with E-state index in [9.17, 15) is 4.79 Å². The van der Waals surface area contributed by atoms with Gasteiger partial charge in [-0.3, -0.25) is 4.79 Å². The van der Waals surface area contributed by atoms with Crippen molar-refractivity contribution in [1.82, 2.24) is 10.2 Å². The number of hydrogen-bond donors (Lipinski definition) is 1. The molecule has 1 N–H and O–H groups in total. The number of nitrogens with one attached hydrogen (secondary N) is 1. The van der Waals surface area contributed by atoms with Crippen molar-refractivity contribution in [2.75, 3.05) is 32.6 Å². The Hall–Kier alpha value is -1.47. The van der Waals surface area contributed by atoms with Crippen molar-refractivity contribution in [2.45, 2.75) is 19.9 Å². The van der Waals surface area contributed by atoms with Gasteiger partial charge in [0.15, 0.2) is 0 Å². The summed E-state index contributed by atoms with van der Waals surface area (Å²) < 4.78 is 11.6. The number of ether oxygens (including phenoxy) is 2. The van der Waals surface area contributed by atoms with Crippen LogP contribution in [-0.4, -0.2) is 47.7 Å². The minimum Gasteiger partial charge on any atom is -0.497 e. The number of hydrogen-bond acceptors (Lipinski definition) is 5. The van der Waals surface area contributed by atoms with Gasteiger partial charge in [-0.15, -0.1) is 0 Å². The number of fused-ring (bicyclic) bond motifs is 1. The van der Waals surface area contributed by atoms with E-state index in [1.165, 1.54) is 11.8 Å². The molecule has 0 saturated heterocycles. The Labute approximate surface area is 146 Å². The van der Waals surface area contributed by atoms with E-state index in [-0.39, 0.29) is 11.9 Å². The van der Waals surface area contributed by atoms with Gasteiger partial charge in [0, 0.05) is 18.7 Å². The Morgan fingerprint density at radius 3 is 2.87 bits per heavy atom. The van der Waals surface area contributed by atoms with Crippen LogP contribution in [0.2, 0.25) is 0 Å². The van der Waals surface area contributed by atoms with Gasteiger partial charge in [-0.05, 0) is 32.0 Å². The molecule has 1 heterocycles. The van der Waals surface area contributed by atoms with Gasteiger partial charge >= 0.3 is 0 Å². The SMILES string of the molecule is CCN(CC)C(=S)SCC(=O)NC1COc2ccc(OC)cc21. The fraction of sp³-hybridized carbons (Fsp3) is 0.500. The van der Waals surface area contributed by atoms with Crippen LogP contribution in [0.1, 0.15) is 25.5 Å². The predicted molar refractivity (Wildman–Crippen MR) is 97.3 cm³/mol. The molecule has 23 heavy (non-hydrogen) atoms. The third kappa shape index (κ3) is 4.51. The van der Waals surface area contributed by atoms with Crippen LogP contribution in [0.3, 0.4) is 0 Å². The highest BCUT2D eigenvalue weighted by Gasteiger charge is 2.26. The highest BCUT2D eigenvalue weighted by molar-refractivity contribution is 8.23. The van der Waals surface area contributed by atoms with Gasteiger partial charge in [0.05, 0.1) is 18.9 Å². The summed E-state index contributed by atoms with van der Waals surface area (Å²) in [5.74, 6) is 1.81. The topological polar surface area (TPSA) is 50.8 Å². The maximum atomic E-state index is 12.2. The number of carbonyl (C=O) groups excluding carboxylic acids is 1. The molecule has 1 aromatic rings. The van der Waals surface area contributed by atoms with Crippen LogP contribution in [0.5, 0.6) is 11.5 Å². The quantitative estimate of drug-likeness (QED) is 0.793. The first-order valence-corrected chi connectivity index (χ1v) is 9.00. The molecule has 1 amide bonds. The molecule has 1 aromatic carbocycles. The molecule has 5 nitrogen and oxygen atoms in total. The molecule has 0 aromatic heterocycles. The Bertz CT molecular complexity index is 576. The van der Waals surface area contributed by atoms with Gasteiger partial charge in [-0.2, -0.15) is 0 Å². The molecule has 0 bridgehead atoms. The second-order valence-corrected chi connectivity index (χ2v) is 6.67. The van der Waals surface area contributed by atoms with E-state index in [1.807, 2.05) is 18.2 Å². The Balaban J connectivity index is 1.89. The fourth-order valence-corrected chi connectivity index (χ4v) is 3.59. The van der Waals surface area contributed by atoms with E-state index in [1.54, 1.807) is 7.11 Å². The lowest BCUT2D eigenvalue weighted by molar-refractivity contribution is -0.119. The molecule has 1 unspecified atom stereocenters. The lowest BCUT2D eigenvalue weighted by Gasteiger charge is -2.21. The molecule has 126 valence electrons. The monoisotopic (exact) mass is 354 g/mol. The first-order chi connectivity index (χ1) is 11.1. The number of rotatable bonds is 6. The van der Waals surface area contributed by atoms with Gasteiger partial charge < -0.3 is 19.7 Å². The molecule has 1 atom stereocenters. The zero-order valence-corrected chi connectivity index (χ0v) is 15.3. The van der Waals surface area contributed by atoms with E-state index in [0.717, 1.165) is 34.5 Å². The molecule has 2 rings (SSSR count). The van der Waals surface area contributed by atoms with Crippen LogP contribution in [0.25, 0.3) is 0 Å². The highest BCUT2D eigenvalue weighted by atomic mass is 32.2. The first kappa shape index (κ1) is 17.9. The van der Waals surface area contributed by atoms with E-state index < -0.39 is 0 Å². The molecular formula is C16H22N2O3S2. The molecule has 0 saturated carbocycles. The maximum absolute atomic E-state index is 12.2. The van der Waals surface area contributed by atoms with Crippen molar-refractivity contribution >= 4 is 34.2 Å². The minimum atomic E-state index is -0.143. The summed E-state index contributed by atoms with van der Waals surface area (Å²) >= 11 is 6.73. The van der Waals surface area contributed by atoms with Crippen molar-refractivity contribution in [3.63, 3.8) is 0 Å². The Kier molecular flexibility index (Phi) is 6.53. The minimum absolute atomic E-state index is 0.0474. The Morgan fingerprint density at radius 1 is 1.48 bits per heavy atom. The third-order valence-corrected chi connectivity index (χ3v) is 5.20. The number of thiocarbonyl (C=S) groups is 1. The third-order valence-electron chi connectivity index (χ3n) is 3.68. The second kappa shape index (κ2) is 8.40. The fourth-order valence-electron chi connectivity index (χ4n) is 2.38. The zero-order chi connectivity index (χ0) is 16.8. The number of methoxy groups -OCH3 is 1. The zero-order valence-electron chi connectivity index (χ0n) is 13.6. The average Bonchev–Trinajstić information content (AvgIpc) is 2.96. The van der Waals surface area contributed by atoms with Crippen molar-refractivity contribution in [3.05, 3.63) is 23.8 Å². The van der Waals surface area contributed by atoms with E-state index in [4.69, 9.17) is 21.7 Å². The van der Waals surface area contributed by atoms with Gasteiger partial charge in [-0.25, -0.2) is 0 Å². The normalized spacial score (nSPS) is 15.5. The summed E-state index contributed by atoms with van der Waals surface area (Å²) in [7, 11) is 1.62. The first-order valence-electron chi connectivity index (χ1n) is 7.60. The van der Waals surface area contributed by atoms with Gasteiger partial charge in [0.2, 0.25) is 5.91 Å². The van der Waals surface area contributed by atoms with Crippen LogP contribution in [0.4, 0.5) is 0 Å². The molecular weight excluding hydrogens is 332 g/mol. The smallest absolute Gasteiger partial charge is 0.231 e. The summed E-state index contributed by atoms with van der Waals surface area (Å²) in [4.78, 5) is 14.2. The second-order valence-electron chi connectivity index (χ2n) is 5.06. The van der Waals surface area contributed by atoms with Crippen molar-refractivity contribution in [1.29, 1.82) is 0 Å². The van der Waals surface area contributed by atoms with Crippen molar-refractivity contribution < 1.29 is 14.3 Å². The highest BCUT2D eigenvalue weighted by Crippen LogP contribution is 2.35. The molecule has 0 spiro atoms. The van der Waals surface area contributed by atoms with E-state index in [2.05, 4.69) is 24.1 Å². The summed E-state index contributed by atoms with van der Waals surface area (Å²) in [6, 6.07) is 5.47. The van der Waals surface area contributed by atoms with Crippen LogP contribution >= 0.6 is 24.0 Å². The molecule has 7 heteroatoms. The largest absolute Gasteiger partial charge is 0.497 e.